The Labute approximate surface area is 144 Å². The second-order valence-electron chi connectivity index (χ2n) is 5.36. The molecule has 0 aromatic heterocycles. The molecule has 1 aliphatic heterocycles. The number of benzene rings is 2. The summed E-state index contributed by atoms with van der Waals surface area (Å²) in [6, 6.07) is 12.6. The highest BCUT2D eigenvalue weighted by Gasteiger charge is 2.25. The first kappa shape index (κ1) is 15.8. The smallest absolute Gasteiger partial charge is 0.313 e. The number of halogens is 2. The van der Waals surface area contributed by atoms with E-state index in [0.29, 0.717) is 28.8 Å². The molecule has 0 saturated heterocycles. The quantitative estimate of drug-likeness (QED) is 0.801. The molecule has 0 spiro atoms. The second kappa shape index (κ2) is 6.60. The van der Waals surface area contributed by atoms with Crippen LogP contribution in [-0.2, 0) is 22.6 Å². The topological polar surface area (TPSA) is 49.4 Å². The molecule has 3 rings (SSSR count). The van der Waals surface area contributed by atoms with Gasteiger partial charge in [-0.1, -0.05) is 47.5 Å². The Morgan fingerprint density at radius 2 is 1.65 bits per heavy atom. The van der Waals surface area contributed by atoms with Crippen molar-refractivity contribution in [2.45, 2.75) is 13.0 Å². The number of carbonyl (C=O) groups excluding carboxylic acids is 2. The number of anilines is 1. The third-order valence-corrected chi connectivity index (χ3v) is 4.17. The first-order valence-corrected chi connectivity index (χ1v) is 7.91. The molecule has 0 radical (unpaired) electrons. The summed E-state index contributed by atoms with van der Waals surface area (Å²) in [4.78, 5) is 26.0. The number of nitrogens with zero attached hydrogens (tertiary/aromatic N) is 1. The maximum Gasteiger partial charge on any atom is 0.313 e. The predicted molar refractivity (Wildman–Crippen MR) is 90.7 cm³/mol. The van der Waals surface area contributed by atoms with Crippen molar-refractivity contribution in [3.8, 4) is 0 Å². The SMILES string of the molecule is O=C(Nc1cc(Cl)cc(Cl)c1)C(=O)N1CCc2ccccc2C1. The monoisotopic (exact) mass is 348 g/mol. The molecule has 0 fully saturated rings. The molecule has 0 aliphatic carbocycles. The average Bonchev–Trinajstić information content (AvgIpc) is 2.52. The third-order valence-electron chi connectivity index (χ3n) is 3.73. The molecule has 0 atom stereocenters. The van der Waals surface area contributed by atoms with E-state index in [4.69, 9.17) is 23.2 Å². The molecule has 23 heavy (non-hydrogen) atoms. The van der Waals surface area contributed by atoms with Crippen molar-refractivity contribution in [1.82, 2.24) is 4.90 Å². The number of carbonyl (C=O) groups is 2. The lowest BCUT2D eigenvalue weighted by molar-refractivity contribution is -0.143. The lowest BCUT2D eigenvalue weighted by Gasteiger charge is -2.28. The van der Waals surface area contributed by atoms with Gasteiger partial charge in [0.05, 0.1) is 0 Å². The third kappa shape index (κ3) is 3.66. The zero-order valence-corrected chi connectivity index (χ0v) is 13.7. The summed E-state index contributed by atoms with van der Waals surface area (Å²) in [5, 5.41) is 3.34. The summed E-state index contributed by atoms with van der Waals surface area (Å²) in [6.07, 6.45) is 0.748. The van der Waals surface area contributed by atoms with Gasteiger partial charge in [0, 0.05) is 28.8 Å². The molecule has 1 heterocycles. The Morgan fingerprint density at radius 1 is 1.00 bits per heavy atom. The summed E-state index contributed by atoms with van der Waals surface area (Å²) in [7, 11) is 0. The normalized spacial score (nSPS) is 13.4. The largest absolute Gasteiger partial charge is 0.330 e. The molecule has 1 aliphatic rings. The summed E-state index contributed by atoms with van der Waals surface area (Å²) >= 11 is 11.8. The Bertz CT molecular complexity index is 757. The van der Waals surface area contributed by atoms with Gasteiger partial charge in [-0.25, -0.2) is 0 Å². The van der Waals surface area contributed by atoms with Gasteiger partial charge in [-0.3, -0.25) is 9.59 Å². The minimum atomic E-state index is -0.692. The van der Waals surface area contributed by atoms with E-state index in [-0.39, 0.29) is 0 Å². The number of nitrogens with one attached hydrogen (secondary N) is 1. The second-order valence-corrected chi connectivity index (χ2v) is 6.23. The van der Waals surface area contributed by atoms with Crippen LogP contribution < -0.4 is 5.32 Å². The van der Waals surface area contributed by atoms with Crippen molar-refractivity contribution in [3.05, 3.63) is 63.6 Å². The van der Waals surface area contributed by atoms with Gasteiger partial charge in [0.25, 0.3) is 0 Å². The van der Waals surface area contributed by atoms with Crippen LogP contribution in [0.3, 0.4) is 0 Å². The molecule has 2 aromatic rings. The molecule has 2 aromatic carbocycles. The number of hydrogen-bond donors (Lipinski definition) is 1. The average molecular weight is 349 g/mol. The van der Waals surface area contributed by atoms with Crippen LogP contribution in [0.4, 0.5) is 5.69 Å². The van der Waals surface area contributed by atoms with E-state index in [0.717, 1.165) is 12.0 Å². The molecule has 6 heteroatoms. The van der Waals surface area contributed by atoms with Gasteiger partial charge in [0.15, 0.2) is 0 Å². The zero-order valence-electron chi connectivity index (χ0n) is 12.2. The Morgan fingerprint density at radius 3 is 2.35 bits per heavy atom. The maximum absolute atomic E-state index is 12.3. The molecule has 1 N–H and O–H groups in total. The number of fused-ring (bicyclic) bond motifs is 1. The van der Waals surface area contributed by atoms with Crippen molar-refractivity contribution < 1.29 is 9.59 Å². The van der Waals surface area contributed by atoms with E-state index >= 15 is 0 Å². The minimum Gasteiger partial charge on any atom is -0.330 e. The van der Waals surface area contributed by atoms with E-state index in [9.17, 15) is 9.59 Å². The van der Waals surface area contributed by atoms with Crippen molar-refractivity contribution in [2.75, 3.05) is 11.9 Å². The van der Waals surface area contributed by atoms with Gasteiger partial charge in [-0.2, -0.15) is 0 Å². The van der Waals surface area contributed by atoms with E-state index in [1.807, 2.05) is 24.3 Å². The Kier molecular flexibility index (Phi) is 4.55. The van der Waals surface area contributed by atoms with Crippen molar-refractivity contribution in [2.24, 2.45) is 0 Å². The lowest BCUT2D eigenvalue weighted by Crippen LogP contribution is -2.42. The van der Waals surface area contributed by atoms with E-state index in [1.165, 1.54) is 5.56 Å². The van der Waals surface area contributed by atoms with Crippen LogP contribution in [0.25, 0.3) is 0 Å². The highest BCUT2D eigenvalue weighted by atomic mass is 35.5. The summed E-state index contributed by atoms with van der Waals surface area (Å²) < 4.78 is 0. The zero-order chi connectivity index (χ0) is 16.4. The summed E-state index contributed by atoms with van der Waals surface area (Å²) in [5.74, 6) is -1.25. The molecule has 0 saturated carbocycles. The van der Waals surface area contributed by atoms with Crippen molar-refractivity contribution in [3.63, 3.8) is 0 Å². The fourth-order valence-corrected chi connectivity index (χ4v) is 3.15. The van der Waals surface area contributed by atoms with Gasteiger partial charge in [-0.15, -0.1) is 0 Å². The predicted octanol–water partition coefficient (Wildman–Crippen LogP) is 3.52. The van der Waals surface area contributed by atoms with Crippen molar-refractivity contribution in [1.29, 1.82) is 0 Å². The first-order chi connectivity index (χ1) is 11.0. The fraction of sp³-hybridized carbons (Fsp3) is 0.176. The molecule has 2 amide bonds. The van der Waals surface area contributed by atoms with E-state index in [1.54, 1.807) is 23.1 Å². The molecular formula is C17H14Cl2N2O2. The molecular weight excluding hydrogens is 335 g/mol. The summed E-state index contributed by atoms with van der Waals surface area (Å²) in [6.45, 7) is 0.971. The number of rotatable bonds is 1. The van der Waals surface area contributed by atoms with Crippen LogP contribution in [0.1, 0.15) is 11.1 Å². The van der Waals surface area contributed by atoms with Crippen LogP contribution in [0, 0.1) is 0 Å². The lowest BCUT2D eigenvalue weighted by atomic mass is 10.00. The maximum atomic E-state index is 12.3. The molecule has 4 nitrogen and oxygen atoms in total. The van der Waals surface area contributed by atoms with Gasteiger partial charge < -0.3 is 10.2 Å². The van der Waals surface area contributed by atoms with E-state index < -0.39 is 11.8 Å². The molecule has 0 unspecified atom stereocenters. The van der Waals surface area contributed by atoms with E-state index in [2.05, 4.69) is 5.32 Å². The van der Waals surface area contributed by atoms with Crippen LogP contribution in [0.15, 0.2) is 42.5 Å². The highest BCUT2D eigenvalue weighted by molar-refractivity contribution is 6.40. The van der Waals surface area contributed by atoms with Crippen LogP contribution in [-0.4, -0.2) is 23.3 Å². The van der Waals surface area contributed by atoms with Crippen molar-refractivity contribution >= 4 is 40.7 Å². The van der Waals surface area contributed by atoms with Gasteiger partial charge in [0.1, 0.15) is 0 Å². The molecule has 118 valence electrons. The summed E-state index contributed by atoms with van der Waals surface area (Å²) in [5.41, 5.74) is 2.70. The van der Waals surface area contributed by atoms with Crippen LogP contribution >= 0.6 is 23.2 Å². The minimum absolute atomic E-state index is 0.396. The standard InChI is InChI=1S/C17H14Cl2N2O2/c18-13-7-14(19)9-15(8-13)20-16(22)17(23)21-6-5-11-3-1-2-4-12(11)10-21/h1-4,7-9H,5-6,10H2,(H,20,22). The molecule has 0 bridgehead atoms. The number of amides is 2. The van der Waals surface area contributed by atoms with Gasteiger partial charge in [0.2, 0.25) is 0 Å². The Balaban J connectivity index is 1.70. The first-order valence-electron chi connectivity index (χ1n) is 7.16. The Hall–Kier alpha value is -2.04. The van der Waals surface area contributed by atoms with Crippen LogP contribution in [0.5, 0.6) is 0 Å². The van der Waals surface area contributed by atoms with Crippen LogP contribution in [0.2, 0.25) is 10.0 Å². The van der Waals surface area contributed by atoms with Gasteiger partial charge >= 0.3 is 11.8 Å². The highest BCUT2D eigenvalue weighted by Crippen LogP contribution is 2.23. The van der Waals surface area contributed by atoms with Gasteiger partial charge in [-0.05, 0) is 35.7 Å². The number of hydrogen-bond acceptors (Lipinski definition) is 2. The fourth-order valence-electron chi connectivity index (χ4n) is 2.62.